The van der Waals surface area contributed by atoms with Crippen molar-refractivity contribution >= 4 is 29.3 Å². The Balaban J connectivity index is 2.23. The highest BCUT2D eigenvalue weighted by Gasteiger charge is 2.32. The van der Waals surface area contributed by atoms with Gasteiger partial charge >= 0.3 is 0 Å². The van der Waals surface area contributed by atoms with Gasteiger partial charge in [0.2, 0.25) is 5.91 Å². The second-order valence-electron chi connectivity index (χ2n) is 3.93. The number of nitrogens with zero attached hydrogens (tertiary/aromatic N) is 1. The summed E-state index contributed by atoms with van der Waals surface area (Å²) in [4.78, 5) is 13.6. The average molecular weight is 274 g/mol. The van der Waals surface area contributed by atoms with Crippen LogP contribution in [0.3, 0.4) is 0 Å². The van der Waals surface area contributed by atoms with Crippen LogP contribution in [0.2, 0.25) is 0 Å². The molecule has 0 saturated carbocycles. The van der Waals surface area contributed by atoms with E-state index in [1.807, 2.05) is 6.07 Å². The molecular formula is C12H13ClFNOS. The standard InChI is InChI=1S/C12H13ClFNOS/c1-8(13)11(16)15-5-6-17-12(15)9-3-2-4-10(14)7-9/h2-4,7-8,12H,5-6H2,1H3/t8-,12+/m1/s1. The Kier molecular flexibility index (Phi) is 3.94. The van der Waals surface area contributed by atoms with Crippen molar-refractivity contribution in [3.8, 4) is 0 Å². The van der Waals surface area contributed by atoms with E-state index in [0.717, 1.165) is 11.3 Å². The lowest BCUT2D eigenvalue weighted by Crippen LogP contribution is -2.35. The number of carbonyl (C=O) groups excluding carboxylic acids is 1. The maximum atomic E-state index is 13.2. The maximum Gasteiger partial charge on any atom is 0.241 e. The fraction of sp³-hybridized carbons (Fsp3) is 0.417. The molecule has 0 bridgehead atoms. The molecule has 1 aromatic carbocycles. The minimum atomic E-state index is -0.537. The lowest BCUT2D eigenvalue weighted by Gasteiger charge is -2.25. The topological polar surface area (TPSA) is 20.3 Å². The Hall–Kier alpha value is -0.740. The molecule has 1 amide bonds. The molecule has 1 aromatic rings. The first-order valence-corrected chi connectivity index (χ1v) is 6.89. The molecule has 2 nitrogen and oxygen atoms in total. The number of hydrogen-bond donors (Lipinski definition) is 0. The predicted molar refractivity (Wildman–Crippen MR) is 68.6 cm³/mol. The number of amides is 1. The highest BCUT2D eigenvalue weighted by atomic mass is 35.5. The molecular weight excluding hydrogens is 261 g/mol. The summed E-state index contributed by atoms with van der Waals surface area (Å²) in [6.45, 7) is 2.33. The van der Waals surface area contributed by atoms with Crippen molar-refractivity contribution in [3.05, 3.63) is 35.6 Å². The van der Waals surface area contributed by atoms with Crippen molar-refractivity contribution < 1.29 is 9.18 Å². The highest BCUT2D eigenvalue weighted by molar-refractivity contribution is 7.99. The van der Waals surface area contributed by atoms with Crippen LogP contribution in [0.5, 0.6) is 0 Å². The second kappa shape index (κ2) is 5.27. The van der Waals surface area contributed by atoms with Gasteiger partial charge in [0, 0.05) is 12.3 Å². The summed E-state index contributed by atoms with van der Waals surface area (Å²) < 4.78 is 13.2. The molecule has 5 heteroatoms. The van der Waals surface area contributed by atoms with Gasteiger partial charge in [0.25, 0.3) is 0 Å². The Labute approximate surface area is 109 Å². The molecule has 0 aromatic heterocycles. The third-order valence-corrected chi connectivity index (χ3v) is 4.10. The lowest BCUT2D eigenvalue weighted by molar-refractivity contribution is -0.130. The molecule has 92 valence electrons. The van der Waals surface area contributed by atoms with Gasteiger partial charge in [0.1, 0.15) is 16.6 Å². The number of thioether (sulfide) groups is 1. The Morgan fingerprint density at radius 2 is 2.41 bits per heavy atom. The lowest BCUT2D eigenvalue weighted by atomic mass is 10.2. The van der Waals surface area contributed by atoms with Crippen molar-refractivity contribution in [2.45, 2.75) is 17.7 Å². The monoisotopic (exact) mass is 273 g/mol. The van der Waals surface area contributed by atoms with Crippen LogP contribution in [0.1, 0.15) is 17.9 Å². The van der Waals surface area contributed by atoms with Crippen LogP contribution in [0.25, 0.3) is 0 Å². The number of halogens is 2. The van der Waals surface area contributed by atoms with E-state index in [9.17, 15) is 9.18 Å². The third kappa shape index (κ3) is 2.75. The van der Waals surface area contributed by atoms with Crippen molar-refractivity contribution in [3.63, 3.8) is 0 Å². The number of rotatable bonds is 2. The van der Waals surface area contributed by atoms with Crippen LogP contribution in [-0.2, 0) is 4.79 Å². The molecule has 17 heavy (non-hydrogen) atoms. The van der Waals surface area contributed by atoms with Crippen LogP contribution < -0.4 is 0 Å². The Bertz CT molecular complexity index is 427. The van der Waals surface area contributed by atoms with E-state index in [2.05, 4.69) is 0 Å². The van der Waals surface area contributed by atoms with E-state index >= 15 is 0 Å². The molecule has 0 spiro atoms. The number of carbonyl (C=O) groups is 1. The molecule has 1 aliphatic heterocycles. The maximum absolute atomic E-state index is 13.2. The minimum absolute atomic E-state index is 0.0917. The van der Waals surface area contributed by atoms with Crippen LogP contribution in [0, 0.1) is 5.82 Å². The summed E-state index contributed by atoms with van der Waals surface area (Å²) in [6, 6.07) is 6.38. The van der Waals surface area contributed by atoms with Gasteiger partial charge in [0.15, 0.2) is 0 Å². The Morgan fingerprint density at radius 3 is 3.06 bits per heavy atom. The molecule has 0 unspecified atom stereocenters. The van der Waals surface area contributed by atoms with Crippen molar-refractivity contribution in [1.82, 2.24) is 4.90 Å². The summed E-state index contributed by atoms with van der Waals surface area (Å²) in [5.41, 5.74) is 0.818. The van der Waals surface area contributed by atoms with E-state index in [1.165, 1.54) is 12.1 Å². The minimum Gasteiger partial charge on any atom is -0.324 e. The first kappa shape index (κ1) is 12.7. The molecule has 0 aliphatic carbocycles. The zero-order valence-electron chi connectivity index (χ0n) is 9.40. The average Bonchev–Trinajstić information content (AvgIpc) is 2.76. The zero-order valence-corrected chi connectivity index (χ0v) is 11.0. The molecule has 1 heterocycles. The summed E-state index contributed by atoms with van der Waals surface area (Å²) in [6.07, 6.45) is 0. The molecule has 2 atom stereocenters. The van der Waals surface area contributed by atoms with E-state index < -0.39 is 5.38 Å². The molecule has 2 rings (SSSR count). The predicted octanol–water partition coefficient (Wildman–Crippen LogP) is 3.03. The largest absolute Gasteiger partial charge is 0.324 e. The van der Waals surface area contributed by atoms with E-state index in [-0.39, 0.29) is 17.1 Å². The SMILES string of the molecule is C[C@@H](Cl)C(=O)N1CCS[C@H]1c1cccc(F)c1. The number of alkyl halides is 1. The van der Waals surface area contributed by atoms with Crippen LogP contribution in [0.4, 0.5) is 4.39 Å². The molecule has 1 saturated heterocycles. The van der Waals surface area contributed by atoms with E-state index in [0.29, 0.717) is 6.54 Å². The first-order valence-electron chi connectivity index (χ1n) is 5.41. The second-order valence-corrected chi connectivity index (χ2v) is 5.77. The summed E-state index contributed by atoms with van der Waals surface area (Å²) in [7, 11) is 0. The van der Waals surface area contributed by atoms with Crippen LogP contribution in [-0.4, -0.2) is 28.5 Å². The van der Waals surface area contributed by atoms with Gasteiger partial charge in [-0.1, -0.05) is 12.1 Å². The van der Waals surface area contributed by atoms with Gasteiger partial charge in [0.05, 0.1) is 0 Å². The van der Waals surface area contributed by atoms with Gasteiger partial charge in [-0.25, -0.2) is 4.39 Å². The van der Waals surface area contributed by atoms with Gasteiger partial charge in [-0.05, 0) is 24.6 Å². The van der Waals surface area contributed by atoms with Crippen molar-refractivity contribution in [1.29, 1.82) is 0 Å². The normalized spacial score (nSPS) is 21.6. The highest BCUT2D eigenvalue weighted by Crippen LogP contribution is 2.38. The van der Waals surface area contributed by atoms with Gasteiger partial charge in [-0.2, -0.15) is 0 Å². The fourth-order valence-corrected chi connectivity index (χ4v) is 3.24. The Morgan fingerprint density at radius 1 is 1.65 bits per heavy atom. The van der Waals surface area contributed by atoms with Gasteiger partial charge in [-0.15, -0.1) is 23.4 Å². The number of benzene rings is 1. The van der Waals surface area contributed by atoms with Crippen LogP contribution in [0.15, 0.2) is 24.3 Å². The summed E-state index contributed by atoms with van der Waals surface area (Å²) in [5.74, 6) is 0.489. The van der Waals surface area contributed by atoms with E-state index in [1.54, 1.807) is 29.7 Å². The van der Waals surface area contributed by atoms with Gasteiger partial charge in [-0.3, -0.25) is 4.79 Å². The first-order chi connectivity index (χ1) is 8.09. The van der Waals surface area contributed by atoms with Gasteiger partial charge < -0.3 is 4.90 Å². The molecule has 0 N–H and O–H groups in total. The molecule has 1 aliphatic rings. The van der Waals surface area contributed by atoms with Crippen LogP contribution >= 0.6 is 23.4 Å². The molecule has 0 radical (unpaired) electrons. The summed E-state index contributed by atoms with van der Waals surface area (Å²) in [5, 5.41) is -0.649. The zero-order chi connectivity index (χ0) is 12.4. The van der Waals surface area contributed by atoms with E-state index in [4.69, 9.17) is 11.6 Å². The summed E-state index contributed by atoms with van der Waals surface area (Å²) >= 11 is 7.46. The quantitative estimate of drug-likeness (QED) is 0.772. The fourth-order valence-electron chi connectivity index (χ4n) is 1.86. The number of hydrogen-bond acceptors (Lipinski definition) is 2. The van der Waals surface area contributed by atoms with Crippen molar-refractivity contribution in [2.24, 2.45) is 0 Å². The van der Waals surface area contributed by atoms with Crippen molar-refractivity contribution in [2.75, 3.05) is 12.3 Å². The third-order valence-electron chi connectivity index (χ3n) is 2.65. The molecule has 1 fully saturated rings. The smallest absolute Gasteiger partial charge is 0.241 e.